The molecule has 3 atom stereocenters. The molecule has 1 N–H and O–H groups in total. The number of hydrogen-bond acceptors (Lipinski definition) is 1. The van der Waals surface area contributed by atoms with Crippen LogP contribution in [0, 0.1) is 17.7 Å². The standard InChI is InChI=1S/C15H21BrFN/c1-10-4-3-5-11(8-10)15(18-2)12-6-7-14(17)13(16)9-12/h6-7,9-11,15,18H,3-5,8H2,1-2H3. The molecule has 0 amide bonds. The van der Waals surface area contributed by atoms with E-state index in [0.717, 1.165) is 5.92 Å². The van der Waals surface area contributed by atoms with Gasteiger partial charge < -0.3 is 5.32 Å². The molecule has 0 bridgehead atoms. The van der Waals surface area contributed by atoms with E-state index >= 15 is 0 Å². The molecule has 0 aromatic heterocycles. The molecule has 1 aliphatic rings. The fourth-order valence-electron chi connectivity index (χ4n) is 3.16. The zero-order valence-electron chi connectivity index (χ0n) is 11.0. The Morgan fingerprint density at radius 3 is 2.78 bits per heavy atom. The van der Waals surface area contributed by atoms with Gasteiger partial charge in [-0.2, -0.15) is 0 Å². The summed E-state index contributed by atoms with van der Waals surface area (Å²) in [5.74, 6) is 1.28. The van der Waals surface area contributed by atoms with Gasteiger partial charge in [-0.05, 0) is 65.4 Å². The number of benzene rings is 1. The maximum atomic E-state index is 13.3. The third kappa shape index (κ3) is 3.12. The van der Waals surface area contributed by atoms with Crippen molar-refractivity contribution in [2.24, 2.45) is 11.8 Å². The van der Waals surface area contributed by atoms with Crippen LogP contribution < -0.4 is 5.32 Å². The van der Waals surface area contributed by atoms with Crippen molar-refractivity contribution >= 4 is 15.9 Å². The van der Waals surface area contributed by atoms with Crippen LogP contribution in [0.3, 0.4) is 0 Å². The van der Waals surface area contributed by atoms with E-state index in [-0.39, 0.29) is 5.82 Å². The molecule has 0 spiro atoms. The van der Waals surface area contributed by atoms with Gasteiger partial charge in [0.15, 0.2) is 0 Å². The maximum Gasteiger partial charge on any atom is 0.137 e. The van der Waals surface area contributed by atoms with E-state index in [1.165, 1.54) is 31.2 Å². The Hall–Kier alpha value is -0.410. The van der Waals surface area contributed by atoms with Gasteiger partial charge in [-0.1, -0.05) is 25.8 Å². The van der Waals surface area contributed by atoms with E-state index in [1.54, 1.807) is 6.07 Å². The maximum absolute atomic E-state index is 13.3. The highest BCUT2D eigenvalue weighted by Crippen LogP contribution is 2.37. The molecule has 18 heavy (non-hydrogen) atoms. The van der Waals surface area contributed by atoms with Crippen LogP contribution in [0.2, 0.25) is 0 Å². The molecule has 2 rings (SSSR count). The molecule has 100 valence electrons. The Morgan fingerprint density at radius 2 is 2.17 bits per heavy atom. The van der Waals surface area contributed by atoms with Crippen molar-refractivity contribution in [2.75, 3.05) is 7.05 Å². The van der Waals surface area contributed by atoms with E-state index in [4.69, 9.17) is 0 Å². The number of hydrogen-bond donors (Lipinski definition) is 1. The van der Waals surface area contributed by atoms with Gasteiger partial charge in [-0.15, -0.1) is 0 Å². The topological polar surface area (TPSA) is 12.0 Å². The molecular formula is C15H21BrFN. The summed E-state index contributed by atoms with van der Waals surface area (Å²) in [6.07, 6.45) is 5.19. The highest BCUT2D eigenvalue weighted by molar-refractivity contribution is 9.10. The third-order valence-electron chi connectivity index (χ3n) is 4.06. The first-order valence-electron chi connectivity index (χ1n) is 6.74. The van der Waals surface area contributed by atoms with Crippen molar-refractivity contribution in [3.05, 3.63) is 34.1 Å². The Bertz CT molecular complexity index is 407. The first kappa shape index (κ1) is 14.0. The Labute approximate surface area is 117 Å². The average molecular weight is 314 g/mol. The van der Waals surface area contributed by atoms with E-state index in [1.807, 2.05) is 19.2 Å². The van der Waals surface area contributed by atoms with Crippen LogP contribution in [0.5, 0.6) is 0 Å². The highest BCUT2D eigenvalue weighted by Gasteiger charge is 2.27. The van der Waals surface area contributed by atoms with E-state index in [0.29, 0.717) is 16.4 Å². The van der Waals surface area contributed by atoms with Crippen molar-refractivity contribution in [1.29, 1.82) is 0 Å². The molecule has 0 radical (unpaired) electrons. The minimum Gasteiger partial charge on any atom is -0.313 e. The van der Waals surface area contributed by atoms with Crippen LogP contribution in [0.4, 0.5) is 4.39 Å². The monoisotopic (exact) mass is 313 g/mol. The lowest BCUT2D eigenvalue weighted by atomic mass is 9.77. The summed E-state index contributed by atoms with van der Waals surface area (Å²) in [4.78, 5) is 0. The Balaban J connectivity index is 2.18. The van der Waals surface area contributed by atoms with Gasteiger partial charge in [0.2, 0.25) is 0 Å². The van der Waals surface area contributed by atoms with Crippen LogP contribution in [0.1, 0.15) is 44.2 Å². The number of halogens is 2. The van der Waals surface area contributed by atoms with Gasteiger partial charge in [0.05, 0.1) is 4.47 Å². The lowest BCUT2D eigenvalue weighted by Crippen LogP contribution is -2.29. The van der Waals surface area contributed by atoms with Crippen LogP contribution in [0.15, 0.2) is 22.7 Å². The van der Waals surface area contributed by atoms with Crippen LogP contribution in [-0.2, 0) is 0 Å². The summed E-state index contributed by atoms with van der Waals surface area (Å²) >= 11 is 3.28. The van der Waals surface area contributed by atoms with Crippen molar-refractivity contribution in [3.63, 3.8) is 0 Å². The van der Waals surface area contributed by atoms with Gasteiger partial charge in [-0.3, -0.25) is 0 Å². The summed E-state index contributed by atoms with van der Waals surface area (Å²) in [5.41, 5.74) is 1.19. The molecule has 1 aromatic rings. The van der Waals surface area contributed by atoms with Gasteiger partial charge >= 0.3 is 0 Å². The Kier molecular flexibility index (Phi) is 4.79. The molecule has 1 fully saturated rings. The molecule has 3 unspecified atom stereocenters. The molecule has 1 aliphatic carbocycles. The predicted octanol–water partition coefficient (Wildman–Crippen LogP) is 4.68. The number of rotatable bonds is 3. The average Bonchev–Trinajstić information content (AvgIpc) is 2.35. The fraction of sp³-hybridized carbons (Fsp3) is 0.600. The van der Waals surface area contributed by atoms with Gasteiger partial charge in [-0.25, -0.2) is 4.39 Å². The van der Waals surface area contributed by atoms with Crippen LogP contribution in [0.25, 0.3) is 0 Å². The van der Waals surface area contributed by atoms with Crippen LogP contribution >= 0.6 is 15.9 Å². The Morgan fingerprint density at radius 1 is 1.39 bits per heavy atom. The quantitative estimate of drug-likeness (QED) is 0.854. The molecule has 0 saturated heterocycles. The van der Waals surface area contributed by atoms with Crippen molar-refractivity contribution < 1.29 is 4.39 Å². The fourth-order valence-corrected chi connectivity index (χ4v) is 3.56. The second-order valence-corrected chi connectivity index (χ2v) is 6.33. The lowest BCUT2D eigenvalue weighted by Gasteiger charge is -2.33. The zero-order chi connectivity index (χ0) is 13.1. The van der Waals surface area contributed by atoms with E-state index in [2.05, 4.69) is 28.2 Å². The summed E-state index contributed by atoms with van der Waals surface area (Å²) < 4.78 is 13.9. The highest BCUT2D eigenvalue weighted by atomic mass is 79.9. The third-order valence-corrected chi connectivity index (χ3v) is 4.67. The molecule has 3 heteroatoms. The smallest absolute Gasteiger partial charge is 0.137 e. The van der Waals surface area contributed by atoms with E-state index in [9.17, 15) is 4.39 Å². The largest absolute Gasteiger partial charge is 0.313 e. The molecule has 0 aliphatic heterocycles. The second-order valence-electron chi connectivity index (χ2n) is 5.47. The zero-order valence-corrected chi connectivity index (χ0v) is 12.6. The van der Waals surface area contributed by atoms with Gasteiger partial charge in [0, 0.05) is 6.04 Å². The SMILES string of the molecule is CNC(c1ccc(F)c(Br)c1)C1CCCC(C)C1. The first-order chi connectivity index (χ1) is 8.61. The predicted molar refractivity (Wildman–Crippen MR) is 77.0 cm³/mol. The van der Waals surface area contributed by atoms with Gasteiger partial charge in [0.25, 0.3) is 0 Å². The summed E-state index contributed by atoms with van der Waals surface area (Å²) in [7, 11) is 2.00. The minimum atomic E-state index is -0.189. The van der Waals surface area contributed by atoms with Crippen molar-refractivity contribution in [2.45, 2.75) is 38.6 Å². The second kappa shape index (κ2) is 6.16. The van der Waals surface area contributed by atoms with Gasteiger partial charge in [0.1, 0.15) is 5.82 Å². The minimum absolute atomic E-state index is 0.189. The normalized spacial score (nSPS) is 26.0. The molecule has 1 nitrogen and oxygen atoms in total. The number of nitrogens with one attached hydrogen (secondary N) is 1. The molecule has 0 heterocycles. The van der Waals surface area contributed by atoms with E-state index < -0.39 is 0 Å². The summed E-state index contributed by atoms with van der Waals surface area (Å²) in [6.45, 7) is 2.33. The molecule has 1 aromatic carbocycles. The molecular weight excluding hydrogens is 293 g/mol. The van der Waals surface area contributed by atoms with Crippen LogP contribution in [-0.4, -0.2) is 7.05 Å². The summed E-state index contributed by atoms with van der Waals surface area (Å²) in [6, 6.07) is 5.71. The first-order valence-corrected chi connectivity index (χ1v) is 7.53. The van der Waals surface area contributed by atoms with Crippen molar-refractivity contribution in [1.82, 2.24) is 5.32 Å². The summed E-state index contributed by atoms with van der Waals surface area (Å²) in [5, 5.41) is 3.41. The molecule has 1 saturated carbocycles. The van der Waals surface area contributed by atoms with Crippen molar-refractivity contribution in [3.8, 4) is 0 Å². The lowest BCUT2D eigenvalue weighted by molar-refractivity contribution is 0.230.